The van der Waals surface area contributed by atoms with Gasteiger partial charge >= 0.3 is 0 Å². The quantitative estimate of drug-likeness (QED) is 0.803. The molecule has 18 heavy (non-hydrogen) atoms. The zero-order chi connectivity index (χ0) is 13.6. The molecule has 0 atom stereocenters. The molecule has 1 N–H and O–H groups in total. The van der Waals surface area contributed by atoms with Crippen LogP contribution in [-0.4, -0.2) is 26.6 Å². The highest BCUT2D eigenvalue weighted by atomic mass is 32.2. The van der Waals surface area contributed by atoms with Gasteiger partial charge in [0, 0.05) is 6.54 Å². The van der Waals surface area contributed by atoms with Crippen LogP contribution >= 0.6 is 0 Å². The maximum atomic E-state index is 11.9. The number of unbranched alkanes of at least 4 members (excludes halogenated alkanes) is 1. The van der Waals surface area contributed by atoms with E-state index in [9.17, 15) is 13.2 Å². The molecule has 1 rings (SSSR count). The number of benzene rings is 1. The Labute approximate surface area is 108 Å². The molecule has 0 aliphatic rings. The van der Waals surface area contributed by atoms with Crippen molar-refractivity contribution < 1.29 is 13.2 Å². The van der Waals surface area contributed by atoms with Crippen molar-refractivity contribution in [3.8, 4) is 0 Å². The van der Waals surface area contributed by atoms with E-state index >= 15 is 0 Å². The summed E-state index contributed by atoms with van der Waals surface area (Å²) in [5.41, 5.74) is 0.232. The van der Waals surface area contributed by atoms with Gasteiger partial charge in [0.1, 0.15) is 0 Å². The number of amides is 1. The number of carbonyl (C=O) groups excluding carboxylic acids is 1. The monoisotopic (exact) mass is 269 g/mol. The fourth-order valence-electron chi connectivity index (χ4n) is 1.55. The van der Waals surface area contributed by atoms with Gasteiger partial charge < -0.3 is 5.32 Å². The Morgan fingerprint density at radius 2 is 1.89 bits per heavy atom. The Morgan fingerprint density at radius 1 is 1.22 bits per heavy atom. The molecule has 0 saturated carbocycles. The predicted octanol–water partition coefficient (Wildman–Crippen LogP) is 2.01. The molecule has 0 aliphatic heterocycles. The van der Waals surface area contributed by atoms with Crippen LogP contribution in [0.5, 0.6) is 0 Å². The average Bonchev–Trinajstić information content (AvgIpc) is 2.39. The van der Waals surface area contributed by atoms with Gasteiger partial charge in [-0.05, 0) is 18.6 Å². The third-order valence-electron chi connectivity index (χ3n) is 2.66. The molecule has 0 fully saturated rings. The molecule has 5 heteroatoms. The molecule has 100 valence electrons. The molecule has 0 heterocycles. The van der Waals surface area contributed by atoms with Gasteiger partial charge in [-0.3, -0.25) is 4.79 Å². The first kappa shape index (κ1) is 14.7. The molecular weight excluding hydrogens is 250 g/mol. The maximum absolute atomic E-state index is 11.9. The van der Waals surface area contributed by atoms with E-state index in [1.165, 1.54) is 6.07 Å². The smallest absolute Gasteiger partial charge is 0.252 e. The van der Waals surface area contributed by atoms with Crippen LogP contribution in [0, 0.1) is 0 Å². The number of sulfone groups is 1. The zero-order valence-corrected chi connectivity index (χ0v) is 11.6. The first-order valence-corrected chi connectivity index (χ1v) is 7.78. The minimum Gasteiger partial charge on any atom is -0.352 e. The van der Waals surface area contributed by atoms with Crippen LogP contribution < -0.4 is 5.32 Å². The van der Waals surface area contributed by atoms with Crippen molar-refractivity contribution in [2.45, 2.75) is 31.6 Å². The van der Waals surface area contributed by atoms with Crippen molar-refractivity contribution in [3.05, 3.63) is 29.8 Å². The molecule has 1 amide bonds. The summed E-state index contributed by atoms with van der Waals surface area (Å²) in [6.45, 7) is 4.17. The summed E-state index contributed by atoms with van der Waals surface area (Å²) in [4.78, 5) is 12.0. The SMILES string of the molecule is CCCCNC(=O)c1ccccc1S(=O)(=O)CC. The fraction of sp³-hybridized carbons (Fsp3) is 0.462. The van der Waals surface area contributed by atoms with Crippen molar-refractivity contribution in [1.82, 2.24) is 5.32 Å². The third-order valence-corrected chi connectivity index (χ3v) is 4.45. The summed E-state index contributed by atoms with van der Waals surface area (Å²) in [6.07, 6.45) is 1.86. The van der Waals surface area contributed by atoms with Crippen molar-refractivity contribution in [3.63, 3.8) is 0 Å². The molecular formula is C13H19NO3S. The van der Waals surface area contributed by atoms with Gasteiger partial charge in [0.15, 0.2) is 9.84 Å². The summed E-state index contributed by atoms with van der Waals surface area (Å²) < 4.78 is 23.8. The van der Waals surface area contributed by atoms with E-state index in [2.05, 4.69) is 5.32 Å². The topological polar surface area (TPSA) is 63.2 Å². The maximum Gasteiger partial charge on any atom is 0.252 e. The zero-order valence-electron chi connectivity index (χ0n) is 10.8. The van der Waals surface area contributed by atoms with Gasteiger partial charge in [0.05, 0.1) is 16.2 Å². The standard InChI is InChI=1S/C13H19NO3S/c1-3-5-10-14-13(15)11-8-6-7-9-12(11)18(16,17)4-2/h6-9H,3-5,10H2,1-2H3,(H,14,15). The molecule has 4 nitrogen and oxygen atoms in total. The highest BCUT2D eigenvalue weighted by molar-refractivity contribution is 7.91. The molecule has 1 aromatic rings. The third kappa shape index (κ3) is 3.57. The van der Waals surface area contributed by atoms with Crippen LogP contribution in [0.4, 0.5) is 0 Å². The minimum absolute atomic E-state index is 0.00769. The molecule has 0 radical (unpaired) electrons. The normalized spacial score (nSPS) is 11.2. The number of hydrogen-bond donors (Lipinski definition) is 1. The van der Waals surface area contributed by atoms with E-state index in [4.69, 9.17) is 0 Å². The van der Waals surface area contributed by atoms with Crippen molar-refractivity contribution in [2.75, 3.05) is 12.3 Å². The van der Waals surface area contributed by atoms with Crippen LogP contribution in [-0.2, 0) is 9.84 Å². The molecule has 0 saturated heterocycles. The Hall–Kier alpha value is -1.36. The first-order valence-electron chi connectivity index (χ1n) is 6.13. The minimum atomic E-state index is -3.37. The largest absolute Gasteiger partial charge is 0.352 e. The van der Waals surface area contributed by atoms with Crippen LogP contribution in [0.3, 0.4) is 0 Å². The Bertz CT molecular complexity index is 509. The second-order valence-electron chi connectivity index (χ2n) is 4.01. The molecule has 0 bridgehead atoms. The Kier molecular flexibility index (Phi) is 5.34. The lowest BCUT2D eigenvalue weighted by atomic mass is 10.2. The predicted molar refractivity (Wildman–Crippen MR) is 71.4 cm³/mol. The van der Waals surface area contributed by atoms with Crippen LogP contribution in [0.15, 0.2) is 29.2 Å². The lowest BCUT2D eigenvalue weighted by Gasteiger charge is -2.09. The van der Waals surface area contributed by atoms with Crippen LogP contribution in [0.1, 0.15) is 37.0 Å². The average molecular weight is 269 g/mol. The number of nitrogens with one attached hydrogen (secondary N) is 1. The highest BCUT2D eigenvalue weighted by Crippen LogP contribution is 2.16. The highest BCUT2D eigenvalue weighted by Gasteiger charge is 2.19. The van der Waals surface area contributed by atoms with Crippen LogP contribution in [0.25, 0.3) is 0 Å². The summed E-state index contributed by atoms with van der Waals surface area (Å²) in [5, 5.41) is 2.73. The summed E-state index contributed by atoms with van der Waals surface area (Å²) in [7, 11) is -3.37. The summed E-state index contributed by atoms with van der Waals surface area (Å²) in [6, 6.07) is 6.33. The molecule has 0 aromatic heterocycles. The Balaban J connectivity index is 2.99. The van der Waals surface area contributed by atoms with E-state index in [0.717, 1.165) is 12.8 Å². The lowest BCUT2D eigenvalue weighted by Crippen LogP contribution is -2.26. The number of rotatable bonds is 6. The van der Waals surface area contributed by atoms with Gasteiger partial charge in [-0.25, -0.2) is 8.42 Å². The van der Waals surface area contributed by atoms with E-state index in [-0.39, 0.29) is 22.1 Å². The van der Waals surface area contributed by atoms with Gasteiger partial charge in [0.2, 0.25) is 0 Å². The molecule has 0 aliphatic carbocycles. The fourth-order valence-corrected chi connectivity index (χ4v) is 2.65. The van der Waals surface area contributed by atoms with Gasteiger partial charge in [0.25, 0.3) is 5.91 Å². The molecule has 0 unspecified atom stereocenters. The second-order valence-corrected chi connectivity index (χ2v) is 6.26. The second kappa shape index (κ2) is 6.54. The van der Waals surface area contributed by atoms with E-state index < -0.39 is 9.84 Å². The van der Waals surface area contributed by atoms with E-state index in [1.54, 1.807) is 25.1 Å². The summed E-state index contributed by atoms with van der Waals surface area (Å²) in [5.74, 6) is -0.331. The number of hydrogen-bond acceptors (Lipinski definition) is 3. The van der Waals surface area contributed by atoms with E-state index in [0.29, 0.717) is 6.54 Å². The van der Waals surface area contributed by atoms with Crippen molar-refractivity contribution in [2.24, 2.45) is 0 Å². The number of carbonyl (C=O) groups is 1. The molecule has 1 aromatic carbocycles. The van der Waals surface area contributed by atoms with E-state index in [1.807, 2.05) is 6.92 Å². The van der Waals surface area contributed by atoms with Gasteiger partial charge in [-0.1, -0.05) is 32.4 Å². The molecule has 0 spiro atoms. The van der Waals surface area contributed by atoms with Crippen molar-refractivity contribution in [1.29, 1.82) is 0 Å². The van der Waals surface area contributed by atoms with Gasteiger partial charge in [-0.2, -0.15) is 0 Å². The first-order chi connectivity index (χ1) is 8.53. The van der Waals surface area contributed by atoms with Gasteiger partial charge in [-0.15, -0.1) is 0 Å². The lowest BCUT2D eigenvalue weighted by molar-refractivity contribution is 0.0950. The summed E-state index contributed by atoms with van der Waals surface area (Å²) >= 11 is 0. The van der Waals surface area contributed by atoms with Crippen LogP contribution in [0.2, 0.25) is 0 Å². The van der Waals surface area contributed by atoms with Crippen molar-refractivity contribution >= 4 is 15.7 Å². The Morgan fingerprint density at radius 3 is 2.50 bits per heavy atom.